The highest BCUT2D eigenvalue weighted by molar-refractivity contribution is 7.89. The summed E-state index contributed by atoms with van der Waals surface area (Å²) in [5.74, 6) is -0.255. The van der Waals surface area contributed by atoms with Crippen LogP contribution in [0.1, 0.15) is 36.5 Å². The molecule has 1 saturated heterocycles. The van der Waals surface area contributed by atoms with E-state index in [9.17, 15) is 18.0 Å². The first-order valence-corrected chi connectivity index (χ1v) is 11.8. The molecule has 9 heteroatoms. The topological polar surface area (TPSA) is 106 Å². The molecule has 0 bridgehead atoms. The maximum atomic E-state index is 12.9. The SMILES string of the molecule is COc1cccc2cc(C(=O)Nc3ccc(S(=O)(=O)N4CCCCC4C)cc3)c(=O)oc12. The van der Waals surface area contributed by atoms with E-state index in [1.54, 1.807) is 18.2 Å². The molecule has 0 aliphatic carbocycles. The Balaban J connectivity index is 1.56. The van der Waals surface area contributed by atoms with Gasteiger partial charge >= 0.3 is 5.63 Å². The number of carbonyl (C=O) groups excluding carboxylic acids is 1. The quantitative estimate of drug-likeness (QED) is 0.588. The molecule has 1 atom stereocenters. The molecule has 2 aromatic carbocycles. The van der Waals surface area contributed by atoms with Crippen molar-refractivity contribution in [3.63, 3.8) is 0 Å². The average molecular weight is 457 g/mol. The third-order valence-electron chi connectivity index (χ3n) is 5.65. The molecule has 8 nitrogen and oxygen atoms in total. The molecule has 0 radical (unpaired) electrons. The van der Waals surface area contributed by atoms with Gasteiger partial charge in [-0.25, -0.2) is 13.2 Å². The van der Waals surface area contributed by atoms with Crippen molar-refractivity contribution in [2.24, 2.45) is 0 Å². The Morgan fingerprint density at radius 3 is 2.59 bits per heavy atom. The van der Waals surface area contributed by atoms with E-state index in [0.717, 1.165) is 19.3 Å². The van der Waals surface area contributed by atoms with E-state index in [1.807, 2.05) is 6.92 Å². The predicted octanol–water partition coefficient (Wildman–Crippen LogP) is 3.62. The van der Waals surface area contributed by atoms with Gasteiger partial charge in [0.25, 0.3) is 5.91 Å². The van der Waals surface area contributed by atoms with Crippen LogP contribution in [-0.4, -0.2) is 38.3 Å². The van der Waals surface area contributed by atoms with Crippen LogP contribution in [-0.2, 0) is 10.0 Å². The molecule has 1 aliphatic heterocycles. The molecule has 1 aromatic heterocycles. The Kier molecular flexibility index (Phi) is 6.03. The van der Waals surface area contributed by atoms with Crippen LogP contribution in [0.3, 0.4) is 0 Å². The Bertz CT molecular complexity index is 1310. The van der Waals surface area contributed by atoms with Gasteiger partial charge in [-0.15, -0.1) is 0 Å². The number of piperidine rings is 1. The van der Waals surface area contributed by atoms with Crippen molar-refractivity contribution >= 4 is 32.6 Å². The van der Waals surface area contributed by atoms with E-state index in [0.29, 0.717) is 23.4 Å². The molecule has 4 rings (SSSR count). The summed E-state index contributed by atoms with van der Waals surface area (Å²) in [7, 11) is -2.14. The molecule has 1 N–H and O–H groups in total. The fourth-order valence-electron chi connectivity index (χ4n) is 3.91. The van der Waals surface area contributed by atoms with Crippen molar-refractivity contribution in [1.29, 1.82) is 0 Å². The van der Waals surface area contributed by atoms with Gasteiger partial charge in [-0.05, 0) is 56.2 Å². The van der Waals surface area contributed by atoms with E-state index in [-0.39, 0.29) is 22.1 Å². The standard InChI is InChI=1S/C23H24N2O6S/c1-15-6-3-4-13-25(15)32(28,29)18-11-9-17(10-12-18)24-22(26)19-14-16-7-5-8-20(30-2)21(16)31-23(19)27/h5,7-12,14-15H,3-4,6,13H2,1-2H3,(H,24,26). The smallest absolute Gasteiger partial charge is 0.349 e. The number of carbonyl (C=O) groups is 1. The second kappa shape index (κ2) is 8.76. The van der Waals surface area contributed by atoms with Crippen molar-refractivity contribution in [1.82, 2.24) is 4.31 Å². The number of nitrogens with zero attached hydrogens (tertiary/aromatic N) is 1. The van der Waals surface area contributed by atoms with Gasteiger partial charge in [0.1, 0.15) is 5.56 Å². The molecule has 32 heavy (non-hydrogen) atoms. The number of rotatable bonds is 5. The van der Waals surface area contributed by atoms with Crippen LogP contribution in [0.2, 0.25) is 0 Å². The molecule has 0 spiro atoms. The van der Waals surface area contributed by atoms with E-state index in [4.69, 9.17) is 9.15 Å². The van der Waals surface area contributed by atoms with Gasteiger partial charge in [0.05, 0.1) is 12.0 Å². The lowest BCUT2D eigenvalue weighted by Crippen LogP contribution is -2.41. The Labute approximate surface area is 185 Å². The summed E-state index contributed by atoms with van der Waals surface area (Å²) in [6.45, 7) is 2.42. The minimum Gasteiger partial charge on any atom is -0.493 e. The summed E-state index contributed by atoms with van der Waals surface area (Å²) < 4.78 is 37.9. The number of methoxy groups -OCH3 is 1. The molecule has 168 valence electrons. The van der Waals surface area contributed by atoms with Gasteiger partial charge in [0.2, 0.25) is 10.0 Å². The predicted molar refractivity (Wildman–Crippen MR) is 121 cm³/mol. The largest absolute Gasteiger partial charge is 0.493 e. The van der Waals surface area contributed by atoms with Crippen LogP contribution in [0.15, 0.2) is 62.6 Å². The number of fused-ring (bicyclic) bond motifs is 1. The summed E-state index contributed by atoms with van der Waals surface area (Å²) in [5.41, 5.74) is -0.328. The highest BCUT2D eigenvalue weighted by atomic mass is 32.2. The van der Waals surface area contributed by atoms with Crippen LogP contribution < -0.4 is 15.7 Å². The maximum absolute atomic E-state index is 12.9. The third kappa shape index (κ3) is 4.13. The number of benzene rings is 2. The molecular formula is C23H24N2O6S. The number of hydrogen-bond acceptors (Lipinski definition) is 6. The maximum Gasteiger partial charge on any atom is 0.349 e. The number of sulfonamides is 1. The molecule has 1 fully saturated rings. The zero-order chi connectivity index (χ0) is 22.9. The van der Waals surface area contributed by atoms with Gasteiger partial charge < -0.3 is 14.5 Å². The molecule has 1 aliphatic rings. The molecule has 3 aromatic rings. The lowest BCUT2D eigenvalue weighted by molar-refractivity contribution is 0.102. The van der Waals surface area contributed by atoms with Crippen molar-refractivity contribution in [2.75, 3.05) is 19.0 Å². The molecule has 1 unspecified atom stereocenters. The Morgan fingerprint density at radius 2 is 1.91 bits per heavy atom. The van der Waals surface area contributed by atoms with Crippen molar-refractivity contribution in [2.45, 2.75) is 37.1 Å². The summed E-state index contributed by atoms with van der Waals surface area (Å²) in [6.07, 6.45) is 2.71. The number of para-hydroxylation sites is 1. The highest BCUT2D eigenvalue weighted by Gasteiger charge is 2.30. The van der Waals surface area contributed by atoms with E-state index >= 15 is 0 Å². The Hall–Kier alpha value is -3.17. The first kappa shape index (κ1) is 22.0. The first-order chi connectivity index (χ1) is 15.3. The monoisotopic (exact) mass is 456 g/mol. The highest BCUT2D eigenvalue weighted by Crippen LogP contribution is 2.27. The normalized spacial score (nSPS) is 17.2. The second-order valence-corrected chi connectivity index (χ2v) is 9.66. The van der Waals surface area contributed by atoms with Gasteiger partial charge in [-0.2, -0.15) is 4.31 Å². The van der Waals surface area contributed by atoms with Crippen LogP contribution in [0, 0.1) is 0 Å². The number of nitrogens with one attached hydrogen (secondary N) is 1. The van der Waals surface area contributed by atoms with Crippen LogP contribution in [0.5, 0.6) is 5.75 Å². The molecule has 1 amide bonds. The van der Waals surface area contributed by atoms with Crippen molar-refractivity contribution in [3.8, 4) is 5.75 Å². The summed E-state index contributed by atoms with van der Waals surface area (Å²) in [5, 5.41) is 3.17. The zero-order valence-electron chi connectivity index (χ0n) is 17.8. The van der Waals surface area contributed by atoms with E-state index in [2.05, 4.69) is 5.32 Å². The van der Waals surface area contributed by atoms with Gasteiger partial charge in [-0.3, -0.25) is 4.79 Å². The van der Waals surface area contributed by atoms with Crippen LogP contribution in [0.25, 0.3) is 11.0 Å². The van der Waals surface area contributed by atoms with Gasteiger partial charge in [-0.1, -0.05) is 18.6 Å². The van der Waals surface area contributed by atoms with Gasteiger partial charge in [0, 0.05) is 23.7 Å². The molecule has 2 heterocycles. The lowest BCUT2D eigenvalue weighted by atomic mass is 10.1. The lowest BCUT2D eigenvalue weighted by Gasteiger charge is -2.32. The number of hydrogen-bond donors (Lipinski definition) is 1. The average Bonchev–Trinajstić information content (AvgIpc) is 2.78. The third-order valence-corrected chi connectivity index (χ3v) is 7.68. The minimum atomic E-state index is -3.60. The first-order valence-electron chi connectivity index (χ1n) is 10.4. The van der Waals surface area contributed by atoms with Crippen LogP contribution >= 0.6 is 0 Å². The fraction of sp³-hybridized carbons (Fsp3) is 0.304. The zero-order valence-corrected chi connectivity index (χ0v) is 18.6. The van der Waals surface area contributed by atoms with E-state index in [1.165, 1.54) is 41.7 Å². The summed E-state index contributed by atoms with van der Waals surface area (Å²) in [4.78, 5) is 25.2. The molecular weight excluding hydrogens is 432 g/mol. The number of amides is 1. The Morgan fingerprint density at radius 1 is 1.16 bits per heavy atom. The number of anilines is 1. The second-order valence-electron chi connectivity index (χ2n) is 7.77. The minimum absolute atomic E-state index is 0.0427. The fourth-order valence-corrected chi connectivity index (χ4v) is 5.61. The van der Waals surface area contributed by atoms with Crippen molar-refractivity contribution < 1.29 is 22.4 Å². The van der Waals surface area contributed by atoms with E-state index < -0.39 is 21.6 Å². The number of ether oxygens (including phenoxy) is 1. The summed E-state index contributed by atoms with van der Waals surface area (Å²) in [6, 6.07) is 12.4. The van der Waals surface area contributed by atoms with Crippen LogP contribution in [0.4, 0.5) is 5.69 Å². The summed E-state index contributed by atoms with van der Waals surface area (Å²) >= 11 is 0. The molecule has 0 saturated carbocycles. The van der Waals surface area contributed by atoms with Gasteiger partial charge in [0.15, 0.2) is 11.3 Å². The van der Waals surface area contributed by atoms with Crippen molar-refractivity contribution in [3.05, 3.63) is 64.5 Å².